The van der Waals surface area contributed by atoms with Gasteiger partial charge in [-0.2, -0.15) is 0 Å². The van der Waals surface area contributed by atoms with Crippen molar-refractivity contribution in [2.24, 2.45) is 0 Å². The molecule has 9 heteroatoms. The van der Waals surface area contributed by atoms with Crippen molar-refractivity contribution in [1.29, 1.82) is 0 Å². The minimum absolute atomic E-state index is 0.0429. The third-order valence-corrected chi connectivity index (χ3v) is 5.11. The van der Waals surface area contributed by atoms with Crippen LogP contribution in [0.15, 0.2) is 53.3 Å². The van der Waals surface area contributed by atoms with E-state index < -0.39 is 0 Å². The van der Waals surface area contributed by atoms with Gasteiger partial charge in [-0.15, -0.1) is 22.0 Å². The Labute approximate surface area is 178 Å². The van der Waals surface area contributed by atoms with E-state index in [2.05, 4.69) is 15.5 Å². The third-order valence-electron chi connectivity index (χ3n) is 3.96. The monoisotopic (exact) mass is 432 g/mol. The molecule has 2 aromatic carbocycles. The number of hydrogen-bond donors (Lipinski definition) is 1. The number of nitrogens with one attached hydrogen (secondary N) is 1. The van der Waals surface area contributed by atoms with Crippen LogP contribution in [-0.2, 0) is 12.5 Å². The van der Waals surface area contributed by atoms with E-state index in [1.54, 1.807) is 41.6 Å². The number of thioether (sulfide) groups is 1. The van der Waals surface area contributed by atoms with Gasteiger partial charge in [-0.1, -0.05) is 36.7 Å². The predicted octanol–water partition coefficient (Wildman–Crippen LogP) is 4.33. The highest BCUT2D eigenvalue weighted by Crippen LogP contribution is 2.28. The van der Waals surface area contributed by atoms with Gasteiger partial charge in [0.25, 0.3) is 5.56 Å². The Morgan fingerprint density at radius 2 is 1.97 bits per heavy atom. The summed E-state index contributed by atoms with van der Waals surface area (Å²) in [4.78, 5) is 13.0. The molecule has 0 aliphatic carbocycles. The van der Waals surface area contributed by atoms with Gasteiger partial charge in [0, 0.05) is 5.69 Å². The standard InChI is InChI=1S/C20H21ClN4O3S/c1-3-29-13-25-19(26)17(12-28-15-7-5-4-6-8-15)23-24-20(25)22-14-9-10-18(27-2)16(21)11-14/h4-11H,3,12-13H2,1-2H3,(H,22,24). The SMILES string of the molecule is CCSCn1c(Nc2ccc(OC)c(Cl)c2)nnc(COc2ccccc2)c1=O. The molecular formula is C20H21ClN4O3S. The molecule has 0 aliphatic rings. The van der Waals surface area contributed by atoms with Crippen LogP contribution in [0.1, 0.15) is 12.6 Å². The molecule has 0 saturated heterocycles. The molecule has 0 bridgehead atoms. The molecule has 0 amide bonds. The quantitative estimate of drug-likeness (QED) is 0.539. The maximum absolute atomic E-state index is 13.0. The molecule has 0 spiro atoms. The lowest BCUT2D eigenvalue weighted by molar-refractivity contribution is 0.296. The average molecular weight is 433 g/mol. The van der Waals surface area contributed by atoms with Crippen molar-refractivity contribution in [2.75, 3.05) is 18.2 Å². The van der Waals surface area contributed by atoms with Gasteiger partial charge in [0.05, 0.1) is 18.0 Å². The summed E-state index contributed by atoms with van der Waals surface area (Å²) < 4.78 is 12.4. The number of nitrogens with zero attached hydrogens (tertiary/aromatic N) is 3. The van der Waals surface area contributed by atoms with Crippen LogP contribution < -0.4 is 20.3 Å². The average Bonchev–Trinajstić information content (AvgIpc) is 2.74. The lowest BCUT2D eigenvalue weighted by Crippen LogP contribution is -2.29. The first kappa shape index (κ1) is 21.0. The Bertz CT molecular complexity index is 1010. The van der Waals surface area contributed by atoms with Crippen LogP contribution in [0, 0.1) is 0 Å². The summed E-state index contributed by atoms with van der Waals surface area (Å²) in [5, 5.41) is 11.8. The molecular weight excluding hydrogens is 412 g/mol. The molecule has 29 heavy (non-hydrogen) atoms. The van der Waals surface area contributed by atoms with E-state index in [9.17, 15) is 4.79 Å². The zero-order valence-electron chi connectivity index (χ0n) is 16.1. The molecule has 0 atom stereocenters. The Morgan fingerprint density at radius 1 is 1.17 bits per heavy atom. The van der Waals surface area contributed by atoms with E-state index >= 15 is 0 Å². The summed E-state index contributed by atoms with van der Waals surface area (Å²) in [6.45, 7) is 2.07. The molecule has 152 valence electrons. The molecule has 1 heterocycles. The van der Waals surface area contributed by atoms with Crippen molar-refractivity contribution in [1.82, 2.24) is 14.8 Å². The van der Waals surface area contributed by atoms with Crippen LogP contribution in [0.3, 0.4) is 0 Å². The molecule has 7 nitrogen and oxygen atoms in total. The van der Waals surface area contributed by atoms with Crippen molar-refractivity contribution >= 4 is 35.0 Å². The van der Waals surface area contributed by atoms with Crippen molar-refractivity contribution in [2.45, 2.75) is 19.4 Å². The second kappa shape index (κ2) is 10.2. The van der Waals surface area contributed by atoms with Gasteiger partial charge < -0.3 is 14.8 Å². The Hall–Kier alpha value is -2.71. The van der Waals surface area contributed by atoms with E-state index in [1.807, 2.05) is 37.3 Å². The molecule has 0 aliphatic heterocycles. The first-order chi connectivity index (χ1) is 14.1. The van der Waals surface area contributed by atoms with E-state index in [1.165, 1.54) is 0 Å². The number of aromatic nitrogens is 3. The molecule has 0 unspecified atom stereocenters. The number of hydrogen-bond acceptors (Lipinski definition) is 7. The molecule has 1 aromatic heterocycles. The van der Waals surface area contributed by atoms with Gasteiger partial charge in [-0.25, -0.2) is 0 Å². The molecule has 3 rings (SSSR count). The largest absolute Gasteiger partial charge is 0.495 e. The van der Waals surface area contributed by atoms with Crippen LogP contribution in [0.25, 0.3) is 0 Å². The maximum Gasteiger partial charge on any atom is 0.281 e. The zero-order valence-corrected chi connectivity index (χ0v) is 17.7. The fourth-order valence-corrected chi connectivity index (χ4v) is 3.35. The highest BCUT2D eigenvalue weighted by molar-refractivity contribution is 7.98. The number of para-hydroxylation sites is 1. The summed E-state index contributed by atoms with van der Waals surface area (Å²) in [5.41, 5.74) is 0.663. The first-order valence-electron chi connectivity index (χ1n) is 8.95. The number of halogens is 1. The summed E-state index contributed by atoms with van der Waals surface area (Å²) in [6, 6.07) is 14.5. The Balaban J connectivity index is 1.85. The highest BCUT2D eigenvalue weighted by atomic mass is 35.5. The van der Waals surface area contributed by atoms with Gasteiger partial charge in [-0.05, 0) is 36.1 Å². The van der Waals surface area contributed by atoms with Crippen LogP contribution in [-0.4, -0.2) is 27.6 Å². The third kappa shape index (κ3) is 5.42. The van der Waals surface area contributed by atoms with E-state index in [-0.39, 0.29) is 17.9 Å². The summed E-state index contributed by atoms with van der Waals surface area (Å²) in [5.74, 6) is 2.86. The second-order valence-corrected chi connectivity index (χ2v) is 7.55. The van der Waals surface area contributed by atoms with E-state index in [0.29, 0.717) is 34.0 Å². The van der Waals surface area contributed by atoms with Crippen LogP contribution in [0.5, 0.6) is 11.5 Å². The minimum Gasteiger partial charge on any atom is -0.495 e. The van der Waals surface area contributed by atoms with Gasteiger partial charge in [0.1, 0.15) is 18.1 Å². The topological polar surface area (TPSA) is 78.3 Å². The van der Waals surface area contributed by atoms with Gasteiger partial charge in [0.15, 0.2) is 5.69 Å². The van der Waals surface area contributed by atoms with Crippen molar-refractivity contribution in [3.05, 3.63) is 69.6 Å². The van der Waals surface area contributed by atoms with Crippen molar-refractivity contribution < 1.29 is 9.47 Å². The number of rotatable bonds is 9. The Kier molecular flexibility index (Phi) is 7.37. The molecule has 0 saturated carbocycles. The van der Waals surface area contributed by atoms with Crippen LogP contribution in [0.4, 0.5) is 11.6 Å². The van der Waals surface area contributed by atoms with Crippen LogP contribution >= 0.6 is 23.4 Å². The number of benzene rings is 2. The number of anilines is 2. The van der Waals surface area contributed by atoms with Crippen LogP contribution in [0.2, 0.25) is 5.02 Å². The normalized spacial score (nSPS) is 10.6. The number of ether oxygens (including phenoxy) is 2. The summed E-state index contributed by atoms with van der Waals surface area (Å²) in [6.07, 6.45) is 0. The van der Waals surface area contributed by atoms with Gasteiger partial charge >= 0.3 is 0 Å². The lowest BCUT2D eigenvalue weighted by atomic mass is 10.3. The fraction of sp³-hybridized carbons (Fsp3) is 0.250. The highest BCUT2D eigenvalue weighted by Gasteiger charge is 2.14. The summed E-state index contributed by atoms with van der Waals surface area (Å²) >= 11 is 7.79. The zero-order chi connectivity index (χ0) is 20.6. The minimum atomic E-state index is -0.251. The van der Waals surface area contributed by atoms with Crippen molar-refractivity contribution in [3.8, 4) is 11.5 Å². The Morgan fingerprint density at radius 3 is 2.66 bits per heavy atom. The molecule has 1 N–H and O–H groups in total. The predicted molar refractivity (Wildman–Crippen MR) is 116 cm³/mol. The number of methoxy groups -OCH3 is 1. The fourth-order valence-electron chi connectivity index (χ4n) is 2.48. The first-order valence-corrected chi connectivity index (χ1v) is 10.5. The summed E-state index contributed by atoms with van der Waals surface area (Å²) in [7, 11) is 1.55. The van der Waals surface area contributed by atoms with Gasteiger partial charge in [-0.3, -0.25) is 9.36 Å². The maximum atomic E-state index is 13.0. The van der Waals surface area contributed by atoms with E-state index in [0.717, 1.165) is 5.75 Å². The second-order valence-electron chi connectivity index (χ2n) is 5.90. The van der Waals surface area contributed by atoms with Crippen molar-refractivity contribution in [3.63, 3.8) is 0 Å². The lowest BCUT2D eigenvalue weighted by Gasteiger charge is -2.14. The molecule has 0 radical (unpaired) electrons. The smallest absolute Gasteiger partial charge is 0.281 e. The molecule has 3 aromatic rings. The van der Waals surface area contributed by atoms with Gasteiger partial charge in [0.2, 0.25) is 5.95 Å². The van der Waals surface area contributed by atoms with E-state index in [4.69, 9.17) is 21.1 Å². The molecule has 0 fully saturated rings.